The third-order valence-corrected chi connectivity index (χ3v) is 4.89. The number of ether oxygens (including phenoxy) is 2. The summed E-state index contributed by atoms with van der Waals surface area (Å²) in [6, 6.07) is 18.7. The van der Waals surface area contributed by atoms with Crippen LogP contribution >= 0.6 is 11.6 Å². The second kappa shape index (κ2) is 10.1. The van der Waals surface area contributed by atoms with Crippen molar-refractivity contribution in [2.45, 2.75) is 26.6 Å². The van der Waals surface area contributed by atoms with Crippen LogP contribution in [0.3, 0.4) is 0 Å². The molecule has 30 heavy (non-hydrogen) atoms. The van der Waals surface area contributed by atoms with Gasteiger partial charge in [-0.3, -0.25) is 0 Å². The molecule has 3 aromatic carbocycles. The summed E-state index contributed by atoms with van der Waals surface area (Å²) in [6.45, 7) is 3.63. The van der Waals surface area contributed by atoms with Crippen LogP contribution in [-0.4, -0.2) is 18.2 Å². The van der Waals surface area contributed by atoms with E-state index in [9.17, 15) is 4.79 Å². The Morgan fingerprint density at radius 2 is 1.73 bits per heavy atom. The van der Waals surface area contributed by atoms with E-state index in [0.29, 0.717) is 36.2 Å². The van der Waals surface area contributed by atoms with Crippen LogP contribution in [-0.2, 0) is 19.7 Å². The minimum absolute atomic E-state index is 0.275. The number of benzene rings is 3. The summed E-state index contributed by atoms with van der Waals surface area (Å²) in [5.41, 5.74) is 4.47. The molecule has 3 aromatic rings. The molecule has 0 heterocycles. The van der Waals surface area contributed by atoms with E-state index in [0.717, 1.165) is 16.7 Å². The maximum absolute atomic E-state index is 10.9. The number of carboxylic acids is 1. The number of rotatable bonds is 9. The molecule has 6 heteroatoms. The smallest absolute Gasteiger partial charge is 0.335 e. The van der Waals surface area contributed by atoms with E-state index in [1.54, 1.807) is 31.4 Å². The Morgan fingerprint density at radius 1 is 1.00 bits per heavy atom. The van der Waals surface area contributed by atoms with Crippen LogP contribution < -0.4 is 14.8 Å². The zero-order chi connectivity index (χ0) is 21.5. The molecule has 0 atom stereocenters. The highest BCUT2D eigenvalue weighted by molar-refractivity contribution is 6.32. The van der Waals surface area contributed by atoms with Crippen LogP contribution in [0.2, 0.25) is 5.02 Å². The van der Waals surface area contributed by atoms with Gasteiger partial charge in [0.15, 0.2) is 11.5 Å². The van der Waals surface area contributed by atoms with Crippen molar-refractivity contribution in [3.05, 3.63) is 93.5 Å². The summed E-state index contributed by atoms with van der Waals surface area (Å²) in [7, 11) is 1.59. The van der Waals surface area contributed by atoms with Gasteiger partial charge in [0, 0.05) is 13.1 Å². The fraction of sp³-hybridized carbons (Fsp3) is 0.208. The van der Waals surface area contributed by atoms with Gasteiger partial charge < -0.3 is 19.9 Å². The van der Waals surface area contributed by atoms with E-state index in [4.69, 9.17) is 26.2 Å². The van der Waals surface area contributed by atoms with Crippen molar-refractivity contribution in [2.75, 3.05) is 7.11 Å². The molecule has 0 saturated carbocycles. The van der Waals surface area contributed by atoms with Crippen LogP contribution in [0.4, 0.5) is 0 Å². The lowest BCUT2D eigenvalue weighted by molar-refractivity contribution is 0.0697. The molecule has 0 radical (unpaired) electrons. The van der Waals surface area contributed by atoms with Gasteiger partial charge >= 0.3 is 5.97 Å². The lowest BCUT2D eigenvalue weighted by Crippen LogP contribution is -2.13. The van der Waals surface area contributed by atoms with Crippen molar-refractivity contribution in [3.8, 4) is 11.5 Å². The lowest BCUT2D eigenvalue weighted by atomic mass is 10.1. The largest absolute Gasteiger partial charge is 0.493 e. The summed E-state index contributed by atoms with van der Waals surface area (Å²) in [5, 5.41) is 12.8. The maximum Gasteiger partial charge on any atom is 0.335 e. The predicted molar refractivity (Wildman–Crippen MR) is 117 cm³/mol. The zero-order valence-corrected chi connectivity index (χ0v) is 17.7. The lowest BCUT2D eigenvalue weighted by Gasteiger charge is -2.15. The van der Waals surface area contributed by atoms with Crippen molar-refractivity contribution in [2.24, 2.45) is 0 Å². The molecule has 0 aliphatic rings. The minimum Gasteiger partial charge on any atom is -0.493 e. The van der Waals surface area contributed by atoms with Gasteiger partial charge in [0.1, 0.15) is 6.61 Å². The van der Waals surface area contributed by atoms with E-state index in [1.807, 2.05) is 37.3 Å². The van der Waals surface area contributed by atoms with Crippen molar-refractivity contribution in [1.82, 2.24) is 5.32 Å². The average Bonchev–Trinajstić information content (AvgIpc) is 2.73. The highest BCUT2D eigenvalue weighted by atomic mass is 35.5. The van der Waals surface area contributed by atoms with Crippen LogP contribution in [0.15, 0.2) is 60.7 Å². The molecule has 0 spiro atoms. The Bertz CT molecular complexity index is 1020. The fourth-order valence-corrected chi connectivity index (χ4v) is 3.38. The number of carbonyl (C=O) groups is 1. The number of methoxy groups -OCH3 is 1. The van der Waals surface area contributed by atoms with E-state index in [1.165, 1.54) is 5.56 Å². The Labute approximate surface area is 181 Å². The highest BCUT2D eigenvalue weighted by Gasteiger charge is 2.12. The first-order chi connectivity index (χ1) is 14.5. The van der Waals surface area contributed by atoms with Gasteiger partial charge in [0.25, 0.3) is 0 Å². The molecule has 0 saturated heterocycles. The molecule has 3 rings (SSSR count). The summed E-state index contributed by atoms with van der Waals surface area (Å²) in [5.74, 6) is 0.174. The van der Waals surface area contributed by atoms with Crippen LogP contribution in [0.5, 0.6) is 11.5 Å². The average molecular weight is 426 g/mol. The third-order valence-electron chi connectivity index (χ3n) is 4.61. The minimum atomic E-state index is -0.930. The molecule has 0 unspecified atom stereocenters. The molecule has 2 N–H and O–H groups in total. The van der Waals surface area contributed by atoms with Crippen molar-refractivity contribution in [1.29, 1.82) is 0 Å². The highest BCUT2D eigenvalue weighted by Crippen LogP contribution is 2.37. The van der Waals surface area contributed by atoms with Crippen molar-refractivity contribution < 1.29 is 19.4 Å². The van der Waals surface area contributed by atoms with Gasteiger partial charge in [0.2, 0.25) is 0 Å². The number of aryl methyl sites for hydroxylation is 1. The summed E-state index contributed by atoms with van der Waals surface area (Å²) >= 11 is 6.47. The van der Waals surface area contributed by atoms with Gasteiger partial charge in [-0.05, 0) is 47.9 Å². The van der Waals surface area contributed by atoms with E-state index in [2.05, 4.69) is 11.4 Å². The summed E-state index contributed by atoms with van der Waals surface area (Å²) in [4.78, 5) is 10.9. The van der Waals surface area contributed by atoms with Crippen LogP contribution in [0, 0.1) is 6.92 Å². The molecule has 5 nitrogen and oxygen atoms in total. The molecular weight excluding hydrogens is 402 g/mol. The number of nitrogens with one attached hydrogen (secondary N) is 1. The molecule has 0 aliphatic heterocycles. The Hall–Kier alpha value is -3.02. The fourth-order valence-electron chi connectivity index (χ4n) is 3.09. The van der Waals surface area contributed by atoms with Gasteiger partial charge in [-0.15, -0.1) is 0 Å². The number of halogens is 1. The second-order valence-corrected chi connectivity index (χ2v) is 7.40. The van der Waals surface area contributed by atoms with Crippen molar-refractivity contribution in [3.63, 3.8) is 0 Å². The van der Waals surface area contributed by atoms with E-state index < -0.39 is 5.97 Å². The molecule has 0 fully saturated rings. The first-order valence-corrected chi connectivity index (χ1v) is 9.92. The molecule has 0 amide bonds. The monoisotopic (exact) mass is 425 g/mol. The van der Waals surface area contributed by atoms with Gasteiger partial charge in [-0.2, -0.15) is 0 Å². The van der Waals surface area contributed by atoms with Crippen molar-refractivity contribution >= 4 is 17.6 Å². The third kappa shape index (κ3) is 5.75. The van der Waals surface area contributed by atoms with Gasteiger partial charge in [0.05, 0.1) is 17.7 Å². The predicted octanol–water partition coefficient (Wildman–Crippen LogP) is 5.22. The molecule has 0 bridgehead atoms. The normalized spacial score (nSPS) is 10.6. The standard InChI is InChI=1S/C24H24ClNO4/c1-16-4-3-5-18(10-16)15-30-23-21(25)11-19(12-22(23)29-2)14-26-13-17-6-8-20(9-7-17)24(27)28/h3-12,26H,13-15H2,1-2H3,(H,27,28). The number of hydrogen-bond acceptors (Lipinski definition) is 4. The second-order valence-electron chi connectivity index (χ2n) is 6.99. The number of aromatic carboxylic acids is 1. The topological polar surface area (TPSA) is 67.8 Å². The molecular formula is C24H24ClNO4. The van der Waals surface area contributed by atoms with Gasteiger partial charge in [-0.25, -0.2) is 4.79 Å². The number of hydrogen-bond donors (Lipinski definition) is 2. The van der Waals surface area contributed by atoms with E-state index >= 15 is 0 Å². The Morgan fingerprint density at radius 3 is 2.40 bits per heavy atom. The van der Waals surface area contributed by atoms with Gasteiger partial charge in [-0.1, -0.05) is 53.6 Å². The summed E-state index contributed by atoms with van der Waals surface area (Å²) < 4.78 is 11.4. The summed E-state index contributed by atoms with van der Waals surface area (Å²) in [6.07, 6.45) is 0. The Kier molecular flexibility index (Phi) is 7.33. The van der Waals surface area contributed by atoms with Crippen LogP contribution in [0.1, 0.15) is 32.6 Å². The quantitative estimate of drug-likeness (QED) is 0.491. The van der Waals surface area contributed by atoms with E-state index in [-0.39, 0.29) is 5.56 Å². The SMILES string of the molecule is COc1cc(CNCc2ccc(C(=O)O)cc2)cc(Cl)c1OCc1cccc(C)c1. The molecule has 156 valence electrons. The zero-order valence-electron chi connectivity index (χ0n) is 16.9. The van der Waals surface area contributed by atoms with Crippen LogP contribution in [0.25, 0.3) is 0 Å². The number of carboxylic acid groups (broad SMARTS) is 1. The Balaban J connectivity index is 1.62. The first-order valence-electron chi connectivity index (χ1n) is 9.54. The molecule has 0 aromatic heterocycles. The first kappa shape index (κ1) is 21.7. The maximum atomic E-state index is 10.9. The molecule has 0 aliphatic carbocycles.